The van der Waals surface area contributed by atoms with Gasteiger partial charge in [-0.25, -0.2) is 0 Å². The molecule has 1 fully saturated rings. The predicted octanol–water partition coefficient (Wildman–Crippen LogP) is 10.9. The second-order valence-corrected chi connectivity index (χ2v) is 11.0. The van der Waals surface area contributed by atoms with Crippen molar-refractivity contribution in [3.05, 3.63) is 35.4 Å². The maximum absolute atomic E-state index is 14.1. The van der Waals surface area contributed by atoms with Crippen LogP contribution in [0.2, 0.25) is 0 Å². The van der Waals surface area contributed by atoms with Gasteiger partial charge in [-0.3, -0.25) is 0 Å². The third-order valence-corrected chi connectivity index (χ3v) is 7.85. The van der Waals surface area contributed by atoms with Gasteiger partial charge < -0.3 is 9.47 Å². The molecule has 0 amide bonds. The van der Waals surface area contributed by atoms with Gasteiger partial charge in [-0.15, -0.1) is 0 Å². The van der Waals surface area contributed by atoms with E-state index < -0.39 is 67.0 Å². The summed E-state index contributed by atoms with van der Waals surface area (Å²) in [5.41, 5.74) is -7.01. The van der Waals surface area contributed by atoms with Crippen molar-refractivity contribution in [3.63, 3.8) is 0 Å². The third-order valence-electron chi connectivity index (χ3n) is 7.85. The molecule has 0 radical (unpaired) electrons. The van der Waals surface area contributed by atoms with E-state index >= 15 is 0 Å². The molecule has 1 aliphatic carbocycles. The van der Waals surface area contributed by atoms with Crippen LogP contribution in [0.3, 0.4) is 0 Å². The number of hydrogen-bond donors (Lipinski definition) is 0. The summed E-state index contributed by atoms with van der Waals surface area (Å²) in [4.78, 5) is 0. The Hall–Kier alpha value is -1.98. The third kappa shape index (κ3) is 8.69. The first-order chi connectivity index (χ1) is 20.3. The van der Waals surface area contributed by atoms with Crippen LogP contribution in [0.4, 0.5) is 70.2 Å². The van der Waals surface area contributed by atoms with Crippen LogP contribution in [-0.2, 0) is 9.47 Å². The number of hydrogen-bond acceptors (Lipinski definition) is 2. The molecule has 45 heavy (non-hydrogen) atoms. The molecule has 2 nitrogen and oxygen atoms in total. The molecule has 0 saturated heterocycles. The minimum Gasteiger partial charge on any atom is -0.350 e. The number of unbranched alkanes of at least 4 members (excludes halogenated alkanes) is 2. The van der Waals surface area contributed by atoms with Crippen LogP contribution in [0.25, 0.3) is 0 Å². The minimum atomic E-state index is -7.24. The van der Waals surface area contributed by atoms with E-state index in [1.165, 1.54) is 12.1 Å². The first-order valence-corrected chi connectivity index (χ1v) is 13.7. The highest BCUT2D eigenvalue weighted by molar-refractivity contribution is 5.28. The van der Waals surface area contributed by atoms with Gasteiger partial charge in [-0.2, -0.15) is 70.2 Å². The molecule has 1 atom stereocenters. The van der Waals surface area contributed by atoms with E-state index in [0.29, 0.717) is 24.3 Å². The van der Waals surface area contributed by atoms with Gasteiger partial charge in [0.1, 0.15) is 0 Å². The fraction of sp³-hybridized carbons (Fsp3) is 0.778. The summed E-state index contributed by atoms with van der Waals surface area (Å²) in [5, 5.41) is 0. The molecule has 1 aromatic carbocycles. The zero-order valence-electron chi connectivity index (χ0n) is 23.5. The quantitative estimate of drug-likeness (QED) is 0.161. The summed E-state index contributed by atoms with van der Waals surface area (Å²) in [6.45, 7) is -2.66. The summed E-state index contributed by atoms with van der Waals surface area (Å²) >= 11 is 0. The van der Waals surface area contributed by atoms with Crippen molar-refractivity contribution < 1.29 is 79.7 Å². The zero-order valence-corrected chi connectivity index (χ0v) is 23.5. The Labute approximate surface area is 247 Å². The number of rotatable bonds is 12. The SMILES string of the molecule is CCCCCC1CCC(c2ccc(C(COC(F)(C(F)(F)F)C(F)(F)F)COC(C(F)(F)F)(C(F)(F)F)C(F)(F)F)cc2)CC1. The van der Waals surface area contributed by atoms with Crippen molar-refractivity contribution in [1.82, 2.24) is 0 Å². The van der Waals surface area contributed by atoms with Gasteiger partial charge in [0, 0.05) is 5.92 Å². The van der Waals surface area contributed by atoms with E-state index in [0.717, 1.165) is 50.7 Å². The first-order valence-electron chi connectivity index (χ1n) is 13.7. The summed E-state index contributed by atoms with van der Waals surface area (Å²) in [6, 6.07) is 4.20. The summed E-state index contributed by atoms with van der Waals surface area (Å²) in [7, 11) is 0. The van der Waals surface area contributed by atoms with Crippen molar-refractivity contribution in [2.24, 2.45) is 5.92 Å². The van der Waals surface area contributed by atoms with Crippen molar-refractivity contribution in [3.8, 4) is 0 Å². The lowest BCUT2D eigenvalue weighted by molar-refractivity contribution is -0.458. The number of benzene rings is 1. The maximum Gasteiger partial charge on any atom is 0.458 e. The van der Waals surface area contributed by atoms with Crippen molar-refractivity contribution in [1.29, 1.82) is 0 Å². The number of alkyl halides is 16. The van der Waals surface area contributed by atoms with E-state index in [1.807, 2.05) is 6.92 Å². The lowest BCUT2D eigenvalue weighted by Gasteiger charge is -2.39. The molecule has 0 heterocycles. The first kappa shape index (κ1) is 39.2. The second-order valence-electron chi connectivity index (χ2n) is 11.0. The van der Waals surface area contributed by atoms with Crippen molar-refractivity contribution in [2.45, 2.75) is 112 Å². The van der Waals surface area contributed by atoms with Crippen molar-refractivity contribution >= 4 is 0 Å². The molecular formula is C27H30F16O2. The van der Waals surface area contributed by atoms with Gasteiger partial charge >= 0.3 is 42.3 Å². The molecule has 0 bridgehead atoms. The van der Waals surface area contributed by atoms with E-state index in [2.05, 4.69) is 9.47 Å². The van der Waals surface area contributed by atoms with Crippen LogP contribution < -0.4 is 0 Å². The average molecular weight is 691 g/mol. The summed E-state index contributed by atoms with van der Waals surface area (Å²) < 4.78 is 219. The minimum absolute atomic E-state index is 0.102. The van der Waals surface area contributed by atoms with Gasteiger partial charge in [0.05, 0.1) is 13.2 Å². The van der Waals surface area contributed by atoms with Crippen LogP contribution in [0, 0.1) is 5.92 Å². The lowest BCUT2D eigenvalue weighted by Crippen LogP contribution is -2.68. The molecule has 1 aromatic rings. The highest BCUT2D eigenvalue weighted by atomic mass is 19.4. The maximum atomic E-state index is 14.1. The van der Waals surface area contributed by atoms with Crippen LogP contribution in [0.1, 0.15) is 81.3 Å². The van der Waals surface area contributed by atoms with Gasteiger partial charge in [-0.05, 0) is 48.6 Å². The number of ether oxygens (including phenoxy) is 2. The normalized spacial score (nSPS) is 20.4. The molecule has 0 aliphatic heterocycles. The predicted molar refractivity (Wildman–Crippen MR) is 127 cm³/mol. The Balaban J connectivity index is 2.42. The van der Waals surface area contributed by atoms with E-state index in [-0.39, 0.29) is 5.92 Å². The molecule has 0 N–H and O–H groups in total. The Kier molecular flexibility index (Phi) is 12.2. The van der Waals surface area contributed by atoms with Crippen molar-refractivity contribution in [2.75, 3.05) is 13.2 Å². The topological polar surface area (TPSA) is 18.5 Å². The molecule has 1 saturated carbocycles. The fourth-order valence-electron chi connectivity index (χ4n) is 5.24. The van der Waals surface area contributed by atoms with Gasteiger partial charge in [0.2, 0.25) is 0 Å². The fourth-order valence-corrected chi connectivity index (χ4v) is 5.24. The summed E-state index contributed by atoms with van der Waals surface area (Å²) in [5.74, 6) is -8.72. The Morgan fingerprint density at radius 3 is 1.44 bits per heavy atom. The molecule has 18 heteroatoms. The molecule has 1 unspecified atom stereocenters. The highest BCUT2D eigenvalue weighted by Crippen LogP contribution is 2.55. The Morgan fingerprint density at radius 1 is 0.600 bits per heavy atom. The molecule has 0 aromatic heterocycles. The largest absolute Gasteiger partial charge is 0.458 e. The van der Waals surface area contributed by atoms with Gasteiger partial charge in [0.25, 0.3) is 0 Å². The smallest absolute Gasteiger partial charge is 0.350 e. The molecule has 2 rings (SSSR count). The average Bonchev–Trinajstić information content (AvgIpc) is 2.87. The summed E-state index contributed by atoms with van der Waals surface area (Å²) in [6.07, 6.45) is -28.3. The van der Waals surface area contributed by atoms with Gasteiger partial charge in [0.15, 0.2) is 0 Å². The molecule has 262 valence electrons. The zero-order chi connectivity index (χ0) is 34.7. The molecule has 0 spiro atoms. The Bertz CT molecular complexity index is 995. The standard InChI is InChI=1S/C27H30F16O2/c1-2-3-4-5-16-6-8-17(9-7-16)18-10-12-19(13-11-18)20(15-45-22(28,26(38,39)40)27(41,42)43)14-44-21(23(29,30)31,24(32,33)34)25(35,36)37/h10-13,16-17,20H,2-9,14-15H2,1H3. The number of halogens is 16. The van der Waals surface area contributed by atoms with E-state index in [4.69, 9.17) is 0 Å². The van der Waals surface area contributed by atoms with E-state index in [9.17, 15) is 70.2 Å². The van der Waals surface area contributed by atoms with E-state index in [1.54, 1.807) is 0 Å². The molecule has 1 aliphatic rings. The highest BCUT2D eigenvalue weighted by Gasteiger charge is 2.85. The van der Waals surface area contributed by atoms with Crippen LogP contribution in [0.15, 0.2) is 24.3 Å². The van der Waals surface area contributed by atoms with Gasteiger partial charge in [-0.1, -0.05) is 56.9 Å². The second kappa shape index (κ2) is 14.0. The van der Waals surface area contributed by atoms with Crippen LogP contribution in [-0.4, -0.2) is 55.6 Å². The lowest BCUT2D eigenvalue weighted by atomic mass is 9.77. The van der Waals surface area contributed by atoms with Crippen LogP contribution in [0.5, 0.6) is 0 Å². The Morgan fingerprint density at radius 2 is 1.04 bits per heavy atom. The monoisotopic (exact) mass is 690 g/mol. The van der Waals surface area contributed by atoms with Crippen LogP contribution >= 0.6 is 0 Å². The molecular weight excluding hydrogens is 660 g/mol.